The Morgan fingerprint density at radius 1 is 1.44 bits per heavy atom. The number of carbonyl (C=O) groups is 1. The molecule has 0 bridgehead atoms. The highest BCUT2D eigenvalue weighted by Crippen LogP contribution is 2.15. The van der Waals surface area contributed by atoms with Gasteiger partial charge in [-0.3, -0.25) is 4.79 Å². The van der Waals surface area contributed by atoms with Gasteiger partial charge in [0.05, 0.1) is 6.61 Å². The molecule has 1 unspecified atom stereocenters. The van der Waals surface area contributed by atoms with Gasteiger partial charge in [0.15, 0.2) is 6.61 Å². The van der Waals surface area contributed by atoms with Crippen LogP contribution in [-0.2, 0) is 4.79 Å². The van der Waals surface area contributed by atoms with Gasteiger partial charge in [0.25, 0.3) is 5.91 Å². The molecule has 1 aromatic rings. The number of benzene rings is 1. The zero-order valence-corrected chi connectivity index (χ0v) is 11.6. The van der Waals surface area contributed by atoms with Gasteiger partial charge in [-0.15, -0.1) is 0 Å². The highest BCUT2D eigenvalue weighted by atomic mass is 79.9. The number of amides is 1. The number of carbonyl (C=O) groups excluding carboxylic acids is 1. The van der Waals surface area contributed by atoms with Crippen molar-refractivity contribution in [3.05, 3.63) is 28.7 Å². The zero-order valence-electron chi connectivity index (χ0n) is 10.0. The maximum absolute atomic E-state index is 11.4. The molecule has 0 aliphatic rings. The molecule has 100 valence electrons. The molecule has 0 saturated heterocycles. The molecule has 0 aliphatic heterocycles. The van der Waals surface area contributed by atoms with Crippen LogP contribution in [0.1, 0.15) is 6.92 Å². The summed E-state index contributed by atoms with van der Waals surface area (Å²) in [7, 11) is 0. The minimum absolute atomic E-state index is 0.0218. The second kappa shape index (κ2) is 6.72. The summed E-state index contributed by atoms with van der Waals surface area (Å²) in [6, 6.07) is 7.09. The average Bonchev–Trinajstić information content (AvgIpc) is 2.36. The van der Waals surface area contributed by atoms with Crippen LogP contribution in [0.3, 0.4) is 0 Å². The molecule has 1 rings (SSSR count). The van der Waals surface area contributed by atoms with Crippen LogP contribution in [0.15, 0.2) is 28.7 Å². The summed E-state index contributed by atoms with van der Waals surface area (Å²) in [5.74, 6) is 0.230. The van der Waals surface area contributed by atoms with Crippen molar-refractivity contribution in [2.24, 2.45) is 0 Å². The molecule has 0 spiro atoms. The van der Waals surface area contributed by atoms with Crippen LogP contribution in [0, 0.1) is 0 Å². The monoisotopic (exact) mass is 317 g/mol. The Balaban J connectivity index is 2.31. The van der Waals surface area contributed by atoms with Crippen LogP contribution in [0.25, 0.3) is 0 Å². The summed E-state index contributed by atoms with van der Waals surface area (Å²) in [5.41, 5.74) is -1.31. The summed E-state index contributed by atoms with van der Waals surface area (Å²) in [4.78, 5) is 11.4. The predicted octanol–water partition coefficient (Wildman–Crippen LogP) is 0.687. The number of aliphatic hydroxyl groups excluding tert-OH is 1. The molecule has 5 nitrogen and oxygen atoms in total. The van der Waals surface area contributed by atoms with Crippen molar-refractivity contribution in [3.8, 4) is 5.75 Å². The van der Waals surface area contributed by atoms with E-state index in [1.54, 1.807) is 12.1 Å². The molecular weight excluding hydrogens is 302 g/mol. The standard InChI is InChI=1S/C12H16BrNO4/c1-12(17,8-15)7-14-11(16)6-18-10-4-2-9(13)3-5-10/h2-5,15,17H,6-8H2,1H3,(H,14,16). The van der Waals surface area contributed by atoms with E-state index >= 15 is 0 Å². The van der Waals surface area contributed by atoms with E-state index in [1.807, 2.05) is 12.1 Å². The van der Waals surface area contributed by atoms with Crippen molar-refractivity contribution in [3.63, 3.8) is 0 Å². The Kier molecular flexibility index (Phi) is 5.58. The molecule has 0 aromatic heterocycles. The highest BCUT2D eigenvalue weighted by Gasteiger charge is 2.19. The first-order valence-electron chi connectivity index (χ1n) is 5.41. The van der Waals surface area contributed by atoms with Gasteiger partial charge < -0.3 is 20.3 Å². The number of nitrogens with one attached hydrogen (secondary N) is 1. The molecule has 1 aromatic carbocycles. The van der Waals surface area contributed by atoms with E-state index in [9.17, 15) is 9.90 Å². The van der Waals surface area contributed by atoms with Gasteiger partial charge in [-0.25, -0.2) is 0 Å². The summed E-state index contributed by atoms with van der Waals surface area (Å²) < 4.78 is 6.17. The third-order valence-corrected chi connectivity index (χ3v) is 2.72. The fraction of sp³-hybridized carbons (Fsp3) is 0.417. The normalized spacial score (nSPS) is 13.8. The Morgan fingerprint density at radius 2 is 2.06 bits per heavy atom. The lowest BCUT2D eigenvalue weighted by Gasteiger charge is -2.20. The van der Waals surface area contributed by atoms with Crippen LogP contribution < -0.4 is 10.1 Å². The maximum Gasteiger partial charge on any atom is 0.258 e. The van der Waals surface area contributed by atoms with E-state index in [4.69, 9.17) is 9.84 Å². The largest absolute Gasteiger partial charge is 0.484 e. The van der Waals surface area contributed by atoms with Gasteiger partial charge in [-0.1, -0.05) is 15.9 Å². The molecular formula is C12H16BrNO4. The minimum atomic E-state index is -1.31. The van der Waals surface area contributed by atoms with E-state index in [-0.39, 0.29) is 19.1 Å². The molecule has 6 heteroatoms. The van der Waals surface area contributed by atoms with Crippen molar-refractivity contribution < 1.29 is 19.7 Å². The smallest absolute Gasteiger partial charge is 0.258 e. The second-order valence-electron chi connectivity index (χ2n) is 4.17. The van der Waals surface area contributed by atoms with Crippen molar-refractivity contribution in [1.82, 2.24) is 5.32 Å². The van der Waals surface area contributed by atoms with Crippen LogP contribution in [-0.4, -0.2) is 41.5 Å². The van der Waals surface area contributed by atoms with E-state index in [1.165, 1.54) is 6.92 Å². The highest BCUT2D eigenvalue weighted by molar-refractivity contribution is 9.10. The summed E-state index contributed by atoms with van der Waals surface area (Å²) in [6.07, 6.45) is 0. The fourth-order valence-corrected chi connectivity index (χ4v) is 1.34. The summed E-state index contributed by atoms with van der Waals surface area (Å²) >= 11 is 3.29. The third-order valence-electron chi connectivity index (χ3n) is 2.19. The Bertz CT molecular complexity index is 392. The lowest BCUT2D eigenvalue weighted by Crippen LogP contribution is -2.44. The molecule has 0 heterocycles. The maximum atomic E-state index is 11.4. The van der Waals surface area contributed by atoms with E-state index in [0.717, 1.165) is 4.47 Å². The van der Waals surface area contributed by atoms with E-state index in [0.29, 0.717) is 5.75 Å². The number of rotatable bonds is 6. The Hall–Kier alpha value is -1.11. The lowest BCUT2D eigenvalue weighted by atomic mass is 10.1. The summed E-state index contributed by atoms with van der Waals surface area (Å²) in [5, 5.41) is 20.8. The molecule has 0 fully saturated rings. The third kappa shape index (κ3) is 5.48. The van der Waals surface area contributed by atoms with Crippen molar-refractivity contribution >= 4 is 21.8 Å². The molecule has 1 atom stereocenters. The van der Waals surface area contributed by atoms with E-state index in [2.05, 4.69) is 21.2 Å². The van der Waals surface area contributed by atoms with E-state index < -0.39 is 12.2 Å². The first kappa shape index (κ1) is 14.9. The van der Waals surface area contributed by atoms with Gasteiger partial charge in [0.1, 0.15) is 11.4 Å². The molecule has 0 radical (unpaired) electrons. The van der Waals surface area contributed by atoms with Crippen molar-refractivity contribution in [2.75, 3.05) is 19.8 Å². The number of aliphatic hydroxyl groups is 2. The van der Waals surface area contributed by atoms with Crippen molar-refractivity contribution in [2.45, 2.75) is 12.5 Å². The predicted molar refractivity (Wildman–Crippen MR) is 70.4 cm³/mol. The zero-order chi connectivity index (χ0) is 13.6. The lowest BCUT2D eigenvalue weighted by molar-refractivity contribution is -0.124. The molecule has 0 saturated carbocycles. The topological polar surface area (TPSA) is 78.8 Å². The molecule has 3 N–H and O–H groups in total. The number of halogens is 1. The first-order valence-corrected chi connectivity index (χ1v) is 6.20. The number of hydrogen-bond acceptors (Lipinski definition) is 4. The van der Waals surface area contributed by atoms with Gasteiger partial charge in [0.2, 0.25) is 0 Å². The van der Waals surface area contributed by atoms with Gasteiger partial charge in [-0.05, 0) is 31.2 Å². The second-order valence-corrected chi connectivity index (χ2v) is 5.09. The molecule has 0 aliphatic carbocycles. The molecule has 18 heavy (non-hydrogen) atoms. The number of ether oxygens (including phenoxy) is 1. The average molecular weight is 318 g/mol. The fourth-order valence-electron chi connectivity index (χ4n) is 1.08. The van der Waals surface area contributed by atoms with Crippen LogP contribution in [0.5, 0.6) is 5.75 Å². The van der Waals surface area contributed by atoms with Crippen LogP contribution in [0.4, 0.5) is 0 Å². The van der Waals surface area contributed by atoms with Crippen molar-refractivity contribution in [1.29, 1.82) is 0 Å². The van der Waals surface area contributed by atoms with Crippen LogP contribution in [0.2, 0.25) is 0 Å². The summed E-state index contributed by atoms with van der Waals surface area (Å²) in [6.45, 7) is 0.860. The van der Waals surface area contributed by atoms with Gasteiger partial charge in [-0.2, -0.15) is 0 Å². The first-order chi connectivity index (χ1) is 8.43. The minimum Gasteiger partial charge on any atom is -0.484 e. The van der Waals surface area contributed by atoms with Crippen LogP contribution >= 0.6 is 15.9 Å². The van der Waals surface area contributed by atoms with Gasteiger partial charge in [0, 0.05) is 11.0 Å². The SMILES string of the molecule is CC(O)(CO)CNC(=O)COc1ccc(Br)cc1. The van der Waals surface area contributed by atoms with Gasteiger partial charge >= 0.3 is 0 Å². The Labute approximate surface area is 114 Å². The number of hydrogen-bond donors (Lipinski definition) is 3. The molecule has 1 amide bonds. The Morgan fingerprint density at radius 3 is 2.61 bits per heavy atom. The quantitative estimate of drug-likeness (QED) is 0.721.